The van der Waals surface area contributed by atoms with Crippen LogP contribution in [0.25, 0.3) is 0 Å². The first kappa shape index (κ1) is 14.2. The molecule has 0 fully saturated rings. The third-order valence-electron chi connectivity index (χ3n) is 2.88. The Hall–Kier alpha value is -1.91. The zero-order valence-electron chi connectivity index (χ0n) is 10.8. The van der Waals surface area contributed by atoms with Gasteiger partial charge in [0.2, 0.25) is 6.54 Å². The molecule has 0 saturated carbocycles. The molecule has 1 aromatic rings. The number of nitrogens with zero attached hydrogens (tertiary/aromatic N) is 1. The fraction of sp³-hybridized carbons (Fsp3) is 0.462. The van der Waals surface area contributed by atoms with E-state index in [2.05, 4.69) is 4.74 Å². The first-order valence-electron chi connectivity index (χ1n) is 5.69. The van der Waals surface area contributed by atoms with Gasteiger partial charge < -0.3 is 4.74 Å². The molecule has 0 bridgehead atoms. The maximum atomic E-state index is 11.3. The van der Waals surface area contributed by atoms with E-state index in [1.54, 1.807) is 0 Å². The Bertz CT molecular complexity index is 456. The van der Waals surface area contributed by atoms with Gasteiger partial charge in [-0.15, -0.1) is 0 Å². The average molecular weight is 251 g/mol. The quantitative estimate of drug-likeness (QED) is 0.457. The number of aryl methyl sites for hydroxylation is 2. The van der Waals surface area contributed by atoms with Crippen molar-refractivity contribution in [1.29, 1.82) is 0 Å². The standard InChI is InChI=1S/C13H17NO4/c1-9-4-5-12(10(2)6-9)11(8-14(16)17)7-13(15)18-3/h4-6,11H,7-8H2,1-3H3. The summed E-state index contributed by atoms with van der Waals surface area (Å²) in [5.41, 5.74) is 2.89. The smallest absolute Gasteiger partial charge is 0.306 e. The zero-order chi connectivity index (χ0) is 13.7. The van der Waals surface area contributed by atoms with Crippen LogP contribution in [0.3, 0.4) is 0 Å². The molecule has 1 rings (SSSR count). The summed E-state index contributed by atoms with van der Waals surface area (Å²) < 4.78 is 4.59. The summed E-state index contributed by atoms with van der Waals surface area (Å²) in [4.78, 5) is 21.6. The van der Waals surface area contributed by atoms with Crippen LogP contribution >= 0.6 is 0 Å². The van der Waals surface area contributed by atoms with Crippen molar-refractivity contribution < 1.29 is 14.5 Å². The van der Waals surface area contributed by atoms with E-state index in [1.165, 1.54) is 7.11 Å². The molecule has 18 heavy (non-hydrogen) atoms. The van der Waals surface area contributed by atoms with E-state index in [4.69, 9.17) is 0 Å². The predicted molar refractivity (Wildman–Crippen MR) is 67.2 cm³/mol. The molecule has 0 saturated heterocycles. The van der Waals surface area contributed by atoms with Gasteiger partial charge in [0.05, 0.1) is 19.4 Å². The van der Waals surface area contributed by atoms with Crippen molar-refractivity contribution in [2.24, 2.45) is 0 Å². The number of carbonyl (C=O) groups excluding carboxylic acids is 1. The lowest BCUT2D eigenvalue weighted by atomic mass is 9.91. The highest BCUT2D eigenvalue weighted by atomic mass is 16.6. The molecule has 1 unspecified atom stereocenters. The molecule has 0 spiro atoms. The average Bonchev–Trinajstić information content (AvgIpc) is 2.27. The summed E-state index contributed by atoms with van der Waals surface area (Å²) in [5.74, 6) is -0.866. The van der Waals surface area contributed by atoms with Gasteiger partial charge in [-0.05, 0) is 25.0 Å². The van der Waals surface area contributed by atoms with E-state index in [1.807, 2.05) is 32.0 Å². The van der Waals surface area contributed by atoms with E-state index in [-0.39, 0.29) is 13.0 Å². The summed E-state index contributed by atoms with van der Waals surface area (Å²) >= 11 is 0. The molecule has 0 heterocycles. The highest BCUT2D eigenvalue weighted by Gasteiger charge is 2.23. The number of benzene rings is 1. The number of carbonyl (C=O) groups is 1. The second-order valence-electron chi connectivity index (χ2n) is 4.35. The minimum atomic E-state index is -0.437. The first-order chi connectivity index (χ1) is 8.43. The molecule has 0 radical (unpaired) electrons. The maximum absolute atomic E-state index is 11.3. The van der Waals surface area contributed by atoms with Crippen molar-refractivity contribution in [3.05, 3.63) is 45.0 Å². The largest absolute Gasteiger partial charge is 0.469 e. The number of rotatable bonds is 5. The fourth-order valence-corrected chi connectivity index (χ4v) is 2.02. The van der Waals surface area contributed by atoms with Crippen LogP contribution in [0, 0.1) is 24.0 Å². The number of esters is 1. The molecule has 0 amide bonds. The van der Waals surface area contributed by atoms with E-state index < -0.39 is 16.8 Å². The second-order valence-corrected chi connectivity index (χ2v) is 4.35. The Morgan fingerprint density at radius 2 is 2.11 bits per heavy atom. The molecule has 0 aliphatic carbocycles. The molecule has 5 heteroatoms. The van der Waals surface area contributed by atoms with Crippen LogP contribution in [-0.2, 0) is 9.53 Å². The third kappa shape index (κ3) is 3.84. The second kappa shape index (κ2) is 6.14. The van der Waals surface area contributed by atoms with E-state index in [0.717, 1.165) is 16.7 Å². The van der Waals surface area contributed by atoms with Gasteiger partial charge in [-0.2, -0.15) is 0 Å². The first-order valence-corrected chi connectivity index (χ1v) is 5.69. The third-order valence-corrected chi connectivity index (χ3v) is 2.88. The molecular formula is C13H17NO4. The van der Waals surface area contributed by atoms with Crippen LogP contribution in [0.15, 0.2) is 18.2 Å². The van der Waals surface area contributed by atoms with E-state index >= 15 is 0 Å². The molecule has 0 aliphatic rings. The number of hydrogen-bond donors (Lipinski definition) is 0. The van der Waals surface area contributed by atoms with Gasteiger partial charge in [0.1, 0.15) is 0 Å². The van der Waals surface area contributed by atoms with Crippen LogP contribution in [0.5, 0.6) is 0 Å². The van der Waals surface area contributed by atoms with E-state index in [9.17, 15) is 14.9 Å². The predicted octanol–water partition coefficient (Wildman–Crippen LogP) is 2.23. The molecule has 98 valence electrons. The van der Waals surface area contributed by atoms with Gasteiger partial charge in [0, 0.05) is 4.92 Å². The highest BCUT2D eigenvalue weighted by molar-refractivity contribution is 5.70. The van der Waals surface area contributed by atoms with Crippen molar-refractivity contribution in [3.63, 3.8) is 0 Å². The number of hydrogen-bond acceptors (Lipinski definition) is 4. The van der Waals surface area contributed by atoms with Gasteiger partial charge in [0.15, 0.2) is 0 Å². The summed E-state index contributed by atoms with van der Waals surface area (Å²) in [6.07, 6.45) is 0.0291. The topological polar surface area (TPSA) is 69.4 Å². The van der Waals surface area contributed by atoms with Crippen LogP contribution < -0.4 is 0 Å². The van der Waals surface area contributed by atoms with Crippen molar-refractivity contribution in [2.75, 3.05) is 13.7 Å². The van der Waals surface area contributed by atoms with Crippen LogP contribution in [0.4, 0.5) is 0 Å². The van der Waals surface area contributed by atoms with Crippen molar-refractivity contribution in [1.82, 2.24) is 0 Å². The van der Waals surface area contributed by atoms with Gasteiger partial charge in [-0.3, -0.25) is 14.9 Å². The monoisotopic (exact) mass is 251 g/mol. The van der Waals surface area contributed by atoms with Crippen LogP contribution in [-0.4, -0.2) is 24.5 Å². The lowest BCUT2D eigenvalue weighted by Gasteiger charge is -2.15. The molecule has 0 aromatic heterocycles. The number of nitro groups is 1. The summed E-state index contributed by atoms with van der Waals surface area (Å²) in [7, 11) is 1.29. The Kier molecular flexibility index (Phi) is 4.83. The summed E-state index contributed by atoms with van der Waals surface area (Å²) in [6.45, 7) is 3.59. The molecule has 0 aliphatic heterocycles. The molecule has 0 N–H and O–H groups in total. The molecule has 1 aromatic carbocycles. The lowest BCUT2D eigenvalue weighted by Crippen LogP contribution is -2.18. The summed E-state index contributed by atoms with van der Waals surface area (Å²) in [5, 5.41) is 10.7. The van der Waals surface area contributed by atoms with Gasteiger partial charge in [-0.25, -0.2) is 0 Å². The Morgan fingerprint density at radius 3 is 2.61 bits per heavy atom. The minimum Gasteiger partial charge on any atom is -0.469 e. The summed E-state index contributed by atoms with van der Waals surface area (Å²) in [6, 6.07) is 5.70. The number of ether oxygens (including phenoxy) is 1. The van der Waals surface area contributed by atoms with Crippen LogP contribution in [0.2, 0.25) is 0 Å². The highest BCUT2D eigenvalue weighted by Crippen LogP contribution is 2.24. The van der Waals surface area contributed by atoms with Crippen molar-refractivity contribution >= 4 is 5.97 Å². The zero-order valence-corrected chi connectivity index (χ0v) is 10.8. The van der Waals surface area contributed by atoms with Gasteiger partial charge in [-0.1, -0.05) is 23.8 Å². The minimum absolute atomic E-state index is 0.0291. The van der Waals surface area contributed by atoms with E-state index in [0.29, 0.717) is 0 Å². The Balaban J connectivity index is 3.00. The van der Waals surface area contributed by atoms with Gasteiger partial charge in [0.25, 0.3) is 0 Å². The lowest BCUT2D eigenvalue weighted by molar-refractivity contribution is -0.483. The number of methoxy groups -OCH3 is 1. The van der Waals surface area contributed by atoms with Gasteiger partial charge >= 0.3 is 5.97 Å². The maximum Gasteiger partial charge on any atom is 0.306 e. The van der Waals surface area contributed by atoms with Crippen molar-refractivity contribution in [2.45, 2.75) is 26.2 Å². The normalized spacial score (nSPS) is 11.9. The SMILES string of the molecule is COC(=O)CC(C[N+](=O)[O-])c1ccc(C)cc1C. The van der Waals surface area contributed by atoms with Crippen molar-refractivity contribution in [3.8, 4) is 0 Å². The molecular weight excluding hydrogens is 234 g/mol. The fourth-order valence-electron chi connectivity index (χ4n) is 2.02. The Labute approximate surface area is 106 Å². The molecule has 1 atom stereocenters. The van der Waals surface area contributed by atoms with Crippen LogP contribution in [0.1, 0.15) is 29.0 Å². The molecule has 5 nitrogen and oxygen atoms in total. The Morgan fingerprint density at radius 1 is 1.44 bits per heavy atom.